The van der Waals surface area contributed by atoms with Gasteiger partial charge in [0.1, 0.15) is 17.6 Å². The van der Waals surface area contributed by atoms with E-state index >= 15 is 0 Å². The number of benzene rings is 2. The second kappa shape index (κ2) is 6.80. The summed E-state index contributed by atoms with van der Waals surface area (Å²) in [6.07, 6.45) is 0. The van der Waals surface area contributed by atoms with Gasteiger partial charge in [-0.05, 0) is 42.3 Å². The van der Waals surface area contributed by atoms with E-state index in [4.69, 9.17) is 10.00 Å². The van der Waals surface area contributed by atoms with Crippen molar-refractivity contribution in [3.05, 3.63) is 65.0 Å². The molecule has 4 nitrogen and oxygen atoms in total. The molecular weight excluding hydrogens is 317 g/mol. The molecule has 0 unspecified atom stereocenters. The highest BCUT2D eigenvalue weighted by molar-refractivity contribution is 7.90. The molecule has 0 bridgehead atoms. The zero-order valence-corrected chi connectivity index (χ0v) is 13.6. The minimum absolute atomic E-state index is 0.204. The van der Waals surface area contributed by atoms with Gasteiger partial charge in [0.2, 0.25) is 0 Å². The first-order valence-corrected chi connectivity index (χ1v) is 8.63. The molecule has 120 valence electrons. The SMILES string of the molecule is COc1ccc(CS(=O)(=O)[C@@H](C)c2ccc(F)cc2)cc1C#N. The van der Waals surface area contributed by atoms with Crippen LogP contribution in [0.15, 0.2) is 42.5 Å². The van der Waals surface area contributed by atoms with Crippen molar-refractivity contribution in [2.75, 3.05) is 7.11 Å². The van der Waals surface area contributed by atoms with Crippen LogP contribution in [0.2, 0.25) is 0 Å². The Morgan fingerprint density at radius 3 is 2.43 bits per heavy atom. The fraction of sp³-hybridized carbons (Fsp3) is 0.235. The van der Waals surface area contributed by atoms with Gasteiger partial charge in [-0.1, -0.05) is 18.2 Å². The Bertz CT molecular complexity index is 839. The lowest BCUT2D eigenvalue weighted by Gasteiger charge is -2.14. The van der Waals surface area contributed by atoms with Gasteiger partial charge in [0.25, 0.3) is 0 Å². The lowest BCUT2D eigenvalue weighted by molar-refractivity contribution is 0.413. The molecule has 0 aliphatic rings. The highest BCUT2D eigenvalue weighted by atomic mass is 32.2. The number of hydrogen-bond donors (Lipinski definition) is 0. The van der Waals surface area contributed by atoms with Crippen LogP contribution >= 0.6 is 0 Å². The Morgan fingerprint density at radius 1 is 1.22 bits per heavy atom. The first-order valence-electron chi connectivity index (χ1n) is 6.91. The maximum Gasteiger partial charge on any atom is 0.161 e. The summed E-state index contributed by atoms with van der Waals surface area (Å²) < 4.78 is 43.1. The maximum atomic E-state index is 13.0. The van der Waals surface area contributed by atoms with Crippen LogP contribution in [0, 0.1) is 17.1 Å². The van der Waals surface area contributed by atoms with E-state index in [1.807, 2.05) is 6.07 Å². The van der Waals surface area contributed by atoms with Gasteiger partial charge in [0.15, 0.2) is 9.84 Å². The van der Waals surface area contributed by atoms with Gasteiger partial charge < -0.3 is 4.74 Å². The van der Waals surface area contributed by atoms with Crippen LogP contribution in [0.1, 0.15) is 28.9 Å². The summed E-state index contributed by atoms with van der Waals surface area (Å²) in [6.45, 7) is 1.57. The smallest absolute Gasteiger partial charge is 0.161 e. The third-order valence-corrected chi connectivity index (χ3v) is 5.72. The van der Waals surface area contributed by atoms with Crippen molar-refractivity contribution >= 4 is 9.84 Å². The van der Waals surface area contributed by atoms with Crippen molar-refractivity contribution in [2.24, 2.45) is 0 Å². The first-order chi connectivity index (χ1) is 10.9. The fourth-order valence-electron chi connectivity index (χ4n) is 2.23. The van der Waals surface area contributed by atoms with Gasteiger partial charge in [-0.15, -0.1) is 0 Å². The predicted molar refractivity (Wildman–Crippen MR) is 85.1 cm³/mol. The number of nitrogens with zero attached hydrogens (tertiary/aromatic N) is 1. The van der Waals surface area contributed by atoms with Crippen molar-refractivity contribution in [1.82, 2.24) is 0 Å². The molecule has 23 heavy (non-hydrogen) atoms. The maximum absolute atomic E-state index is 13.0. The Hall–Kier alpha value is -2.39. The van der Waals surface area contributed by atoms with Crippen LogP contribution in [0.25, 0.3) is 0 Å². The molecule has 0 fully saturated rings. The molecule has 0 N–H and O–H groups in total. The molecule has 2 aromatic rings. The lowest BCUT2D eigenvalue weighted by Crippen LogP contribution is -2.13. The predicted octanol–water partition coefficient (Wildman–Crippen LogP) is 3.38. The molecule has 0 radical (unpaired) electrons. The quantitative estimate of drug-likeness (QED) is 0.841. The van der Waals surface area contributed by atoms with Gasteiger partial charge in [0.05, 0.1) is 23.7 Å². The number of nitriles is 1. The summed E-state index contributed by atoms with van der Waals surface area (Å²) >= 11 is 0. The summed E-state index contributed by atoms with van der Waals surface area (Å²) in [5.74, 6) is -0.211. The van der Waals surface area contributed by atoms with Crippen LogP contribution in [0.4, 0.5) is 4.39 Å². The molecule has 0 amide bonds. The van der Waals surface area contributed by atoms with Gasteiger partial charge >= 0.3 is 0 Å². The van der Waals surface area contributed by atoms with Crippen molar-refractivity contribution < 1.29 is 17.5 Å². The molecule has 0 saturated carbocycles. The van der Waals surface area contributed by atoms with Crippen LogP contribution in [0.5, 0.6) is 5.75 Å². The van der Waals surface area contributed by atoms with Crippen LogP contribution < -0.4 is 4.74 Å². The summed E-state index contributed by atoms with van der Waals surface area (Å²) in [4.78, 5) is 0. The number of hydrogen-bond acceptors (Lipinski definition) is 4. The Kier molecular flexibility index (Phi) is 5.02. The van der Waals surface area contributed by atoms with Gasteiger partial charge in [-0.2, -0.15) is 5.26 Å². The molecule has 0 aliphatic carbocycles. The van der Waals surface area contributed by atoms with E-state index in [0.29, 0.717) is 16.9 Å². The average Bonchev–Trinajstić information content (AvgIpc) is 2.54. The third-order valence-electron chi connectivity index (χ3n) is 3.63. The van der Waals surface area contributed by atoms with Crippen LogP contribution in [0.3, 0.4) is 0 Å². The van der Waals surface area contributed by atoms with Crippen LogP contribution in [-0.4, -0.2) is 15.5 Å². The summed E-state index contributed by atoms with van der Waals surface area (Å²) in [6, 6.07) is 12.1. The summed E-state index contributed by atoms with van der Waals surface area (Å²) in [5, 5.41) is 8.30. The van der Waals surface area contributed by atoms with Crippen LogP contribution in [-0.2, 0) is 15.6 Å². The van der Waals surface area contributed by atoms with Crippen molar-refractivity contribution in [1.29, 1.82) is 5.26 Å². The molecular formula is C17H16FNO3S. The number of ether oxygens (including phenoxy) is 1. The minimum atomic E-state index is -3.50. The van der Waals surface area contributed by atoms with E-state index in [-0.39, 0.29) is 11.3 Å². The Morgan fingerprint density at radius 2 is 1.87 bits per heavy atom. The first kappa shape index (κ1) is 17.0. The van der Waals surface area contributed by atoms with Gasteiger partial charge in [-0.25, -0.2) is 12.8 Å². The molecule has 1 atom stereocenters. The Balaban J connectivity index is 2.27. The number of halogens is 1. The third kappa shape index (κ3) is 3.88. The summed E-state index contributed by atoms with van der Waals surface area (Å²) in [5.41, 5.74) is 1.33. The highest BCUT2D eigenvalue weighted by Crippen LogP contribution is 2.27. The van der Waals surface area contributed by atoms with Gasteiger partial charge in [-0.3, -0.25) is 0 Å². The van der Waals surface area contributed by atoms with E-state index in [1.54, 1.807) is 19.1 Å². The molecule has 0 aromatic heterocycles. The molecule has 0 saturated heterocycles. The molecule has 2 aromatic carbocycles. The van der Waals surface area contributed by atoms with Crippen molar-refractivity contribution in [3.8, 4) is 11.8 Å². The second-order valence-corrected chi connectivity index (χ2v) is 7.47. The number of rotatable bonds is 5. The van der Waals surface area contributed by atoms with E-state index in [1.165, 1.54) is 37.4 Å². The second-order valence-electron chi connectivity index (χ2n) is 5.15. The number of methoxy groups -OCH3 is 1. The van der Waals surface area contributed by atoms with E-state index < -0.39 is 20.9 Å². The molecule has 2 rings (SSSR count). The Labute approximate surface area is 135 Å². The standard InChI is InChI=1S/C17H16FNO3S/c1-12(14-4-6-16(18)7-5-14)23(20,21)11-13-3-8-17(22-2)15(9-13)10-19/h3-9,12H,11H2,1-2H3/t12-/m0/s1. The highest BCUT2D eigenvalue weighted by Gasteiger charge is 2.23. The fourth-order valence-corrected chi connectivity index (χ4v) is 3.70. The molecule has 0 aliphatic heterocycles. The van der Waals surface area contributed by atoms with E-state index in [0.717, 1.165) is 0 Å². The summed E-state index contributed by atoms with van der Waals surface area (Å²) in [7, 11) is -2.05. The minimum Gasteiger partial charge on any atom is -0.495 e. The largest absolute Gasteiger partial charge is 0.495 e. The topological polar surface area (TPSA) is 67.2 Å². The number of sulfone groups is 1. The lowest BCUT2D eigenvalue weighted by atomic mass is 10.1. The van der Waals surface area contributed by atoms with Gasteiger partial charge in [0, 0.05) is 0 Å². The molecule has 6 heteroatoms. The van der Waals surface area contributed by atoms with Crippen molar-refractivity contribution in [2.45, 2.75) is 17.9 Å². The molecule has 0 heterocycles. The monoisotopic (exact) mass is 333 g/mol. The zero-order valence-electron chi connectivity index (χ0n) is 12.8. The molecule has 0 spiro atoms. The zero-order chi connectivity index (χ0) is 17.0. The van der Waals surface area contributed by atoms with E-state index in [2.05, 4.69) is 0 Å². The van der Waals surface area contributed by atoms with Crippen molar-refractivity contribution in [3.63, 3.8) is 0 Å². The van der Waals surface area contributed by atoms with E-state index in [9.17, 15) is 12.8 Å². The normalized spacial score (nSPS) is 12.4. The average molecular weight is 333 g/mol.